The van der Waals surface area contributed by atoms with Crippen LogP contribution >= 0.6 is 0 Å². The molecule has 0 spiro atoms. The molecule has 0 aromatic heterocycles. The highest BCUT2D eigenvalue weighted by Crippen LogP contribution is 2.40. The molecule has 0 radical (unpaired) electrons. The van der Waals surface area contributed by atoms with Gasteiger partial charge in [0.25, 0.3) is 0 Å². The molecular weight excluding hydrogens is 472 g/mol. The second kappa shape index (κ2) is 13.8. The van der Waals surface area contributed by atoms with Crippen LogP contribution in [0.25, 0.3) is 0 Å². The molecule has 3 rings (SSSR count). The Kier molecular flexibility index (Phi) is 10.8. The Hall–Kier alpha value is -2.82. The first-order chi connectivity index (χ1) is 18.0. The van der Waals surface area contributed by atoms with Crippen molar-refractivity contribution in [3.63, 3.8) is 0 Å². The van der Waals surface area contributed by atoms with Crippen molar-refractivity contribution in [2.75, 3.05) is 5.32 Å². The highest BCUT2D eigenvalue weighted by molar-refractivity contribution is 5.97. The summed E-state index contributed by atoms with van der Waals surface area (Å²) in [5.74, 6) is 4.07. The van der Waals surface area contributed by atoms with Gasteiger partial charge in [0.05, 0.1) is 18.2 Å². The zero-order valence-electron chi connectivity index (χ0n) is 24.5. The maximum absolute atomic E-state index is 11.4. The van der Waals surface area contributed by atoms with Crippen molar-refractivity contribution in [2.24, 2.45) is 28.7 Å². The zero-order chi connectivity index (χ0) is 27.8. The number of carboxylic acid groups (broad SMARTS) is 1. The van der Waals surface area contributed by atoms with Crippen LogP contribution in [0, 0.1) is 37.5 Å². The minimum Gasteiger partial charge on any atom is -0.491 e. The van der Waals surface area contributed by atoms with Crippen molar-refractivity contribution in [3.05, 3.63) is 53.1 Å². The fourth-order valence-electron chi connectivity index (χ4n) is 5.97. The third-order valence-electron chi connectivity index (χ3n) is 7.91. The van der Waals surface area contributed by atoms with E-state index in [9.17, 15) is 9.90 Å². The van der Waals surface area contributed by atoms with Gasteiger partial charge in [-0.3, -0.25) is 4.79 Å². The van der Waals surface area contributed by atoms with Crippen molar-refractivity contribution >= 4 is 23.2 Å². The van der Waals surface area contributed by atoms with E-state index in [2.05, 4.69) is 26.1 Å². The molecular formula is C33H48N2O3. The zero-order valence-corrected chi connectivity index (χ0v) is 24.5. The lowest BCUT2D eigenvalue weighted by molar-refractivity contribution is -0.136. The number of carboxylic acids is 1. The lowest BCUT2D eigenvalue weighted by Crippen LogP contribution is -2.27. The lowest BCUT2D eigenvalue weighted by atomic mass is 9.68. The van der Waals surface area contributed by atoms with Crippen molar-refractivity contribution in [1.29, 1.82) is 0 Å². The average molecular weight is 521 g/mol. The summed E-state index contributed by atoms with van der Waals surface area (Å²) >= 11 is 0. The number of aliphatic carboxylic acids is 1. The van der Waals surface area contributed by atoms with Gasteiger partial charge in [-0.15, -0.1) is 0 Å². The van der Waals surface area contributed by atoms with Crippen LogP contribution in [0.1, 0.15) is 89.8 Å². The Labute approximate surface area is 230 Å². The Bertz CT molecular complexity index is 1090. The minimum atomic E-state index is -0.824. The number of anilines is 1. The van der Waals surface area contributed by atoms with E-state index in [0.29, 0.717) is 0 Å². The number of aliphatic imine (C=N–C) groups is 1. The van der Waals surface area contributed by atoms with Crippen LogP contribution in [0.4, 0.5) is 11.4 Å². The molecule has 1 saturated carbocycles. The summed E-state index contributed by atoms with van der Waals surface area (Å²) in [6.45, 7) is 15.2. The molecule has 0 heterocycles. The van der Waals surface area contributed by atoms with Crippen molar-refractivity contribution < 1.29 is 14.6 Å². The molecule has 2 aromatic rings. The molecule has 2 N–H and O–H groups in total. The van der Waals surface area contributed by atoms with E-state index in [-0.39, 0.29) is 12.5 Å². The van der Waals surface area contributed by atoms with Crippen LogP contribution in [0.2, 0.25) is 0 Å². The van der Waals surface area contributed by atoms with Crippen LogP contribution in [-0.2, 0) is 11.2 Å². The monoisotopic (exact) mass is 520 g/mol. The van der Waals surface area contributed by atoms with E-state index in [1.165, 1.54) is 25.7 Å². The number of benzene rings is 2. The number of carbonyl (C=O) groups is 1. The molecule has 1 aliphatic carbocycles. The molecule has 5 heteroatoms. The third-order valence-corrected chi connectivity index (χ3v) is 7.91. The van der Waals surface area contributed by atoms with Gasteiger partial charge in [-0.2, -0.15) is 0 Å². The smallest absolute Gasteiger partial charge is 0.307 e. The number of hydrogen-bond donors (Lipinski definition) is 2. The van der Waals surface area contributed by atoms with E-state index < -0.39 is 5.97 Å². The van der Waals surface area contributed by atoms with Gasteiger partial charge >= 0.3 is 5.97 Å². The summed E-state index contributed by atoms with van der Waals surface area (Å²) in [6.07, 6.45) is 7.31. The molecule has 1 fully saturated rings. The van der Waals surface area contributed by atoms with Gasteiger partial charge in [0, 0.05) is 12.1 Å². The molecule has 208 valence electrons. The first-order valence-electron chi connectivity index (χ1n) is 14.4. The average Bonchev–Trinajstić information content (AvgIpc) is 2.82. The SMILES string of the molecule is Cc1cc(C)c(N=C(CCC[C@@H]2C[C@H](C)CC[C@H]2C(C)C)Nc2ccc(OC(C)C)cc2)cc1CC(=O)O. The Morgan fingerprint density at radius 2 is 1.79 bits per heavy atom. The van der Waals surface area contributed by atoms with Gasteiger partial charge in [0.2, 0.25) is 0 Å². The summed E-state index contributed by atoms with van der Waals surface area (Å²) in [5.41, 5.74) is 4.66. The standard InChI is InChI=1S/C33H48N2O3/c1-21(2)30-16-11-23(5)17-26(30)9-8-10-32(34-28-12-14-29(15-13-28)38-22(3)4)35-31-19-27(20-33(36)37)24(6)18-25(31)7/h12-15,18-19,21-23,26,30H,8-11,16-17,20H2,1-7H3,(H,34,35)(H,36,37)/t23-,26-,30+/m1/s1. The quantitative estimate of drug-likeness (QED) is 0.229. The van der Waals surface area contributed by atoms with Crippen molar-refractivity contribution in [2.45, 2.75) is 99.5 Å². The molecule has 0 unspecified atom stereocenters. The van der Waals surface area contributed by atoms with Crippen LogP contribution in [-0.4, -0.2) is 23.0 Å². The predicted molar refractivity (Wildman–Crippen MR) is 159 cm³/mol. The fourth-order valence-corrected chi connectivity index (χ4v) is 5.97. The normalized spacial score (nSPS) is 20.1. The van der Waals surface area contributed by atoms with Gasteiger partial charge in [0.15, 0.2) is 0 Å². The summed E-state index contributed by atoms with van der Waals surface area (Å²) < 4.78 is 5.81. The van der Waals surface area contributed by atoms with Gasteiger partial charge in [-0.1, -0.05) is 33.3 Å². The maximum atomic E-state index is 11.4. The molecule has 5 nitrogen and oxygen atoms in total. The van der Waals surface area contributed by atoms with Gasteiger partial charge in [0.1, 0.15) is 11.6 Å². The van der Waals surface area contributed by atoms with Crippen LogP contribution in [0.3, 0.4) is 0 Å². The van der Waals surface area contributed by atoms with E-state index in [1.807, 2.05) is 64.1 Å². The van der Waals surface area contributed by atoms with Gasteiger partial charge in [-0.05, 0) is 124 Å². The molecule has 38 heavy (non-hydrogen) atoms. The molecule has 0 amide bonds. The van der Waals surface area contributed by atoms with Crippen LogP contribution in [0.5, 0.6) is 5.75 Å². The fraction of sp³-hybridized carbons (Fsp3) is 0.576. The van der Waals surface area contributed by atoms with Gasteiger partial charge < -0.3 is 15.2 Å². The second-order valence-electron chi connectivity index (χ2n) is 12.0. The Morgan fingerprint density at radius 1 is 1.08 bits per heavy atom. The summed E-state index contributed by atoms with van der Waals surface area (Å²) in [5, 5.41) is 12.9. The molecule has 2 aromatic carbocycles. The molecule has 0 saturated heterocycles. The minimum absolute atomic E-state index is 0.00512. The molecule has 1 aliphatic rings. The van der Waals surface area contributed by atoms with Gasteiger partial charge in [-0.25, -0.2) is 4.99 Å². The Balaban J connectivity index is 1.83. The van der Waals surface area contributed by atoms with E-state index in [0.717, 1.165) is 76.2 Å². The number of rotatable bonds is 11. The maximum Gasteiger partial charge on any atom is 0.307 e. The third kappa shape index (κ3) is 8.89. The Morgan fingerprint density at radius 3 is 2.42 bits per heavy atom. The van der Waals surface area contributed by atoms with E-state index in [1.54, 1.807) is 0 Å². The topological polar surface area (TPSA) is 70.9 Å². The van der Waals surface area contributed by atoms with Crippen molar-refractivity contribution in [3.8, 4) is 5.75 Å². The van der Waals surface area contributed by atoms with E-state index in [4.69, 9.17) is 9.73 Å². The second-order valence-corrected chi connectivity index (χ2v) is 12.0. The van der Waals surface area contributed by atoms with Crippen LogP contribution < -0.4 is 10.1 Å². The number of nitrogens with zero attached hydrogens (tertiary/aromatic N) is 1. The molecule has 3 atom stereocenters. The number of hydrogen-bond acceptors (Lipinski definition) is 3. The van der Waals surface area contributed by atoms with Crippen LogP contribution in [0.15, 0.2) is 41.4 Å². The summed E-state index contributed by atoms with van der Waals surface area (Å²) in [4.78, 5) is 16.5. The summed E-state index contributed by atoms with van der Waals surface area (Å²) in [6, 6.07) is 12.0. The highest BCUT2D eigenvalue weighted by atomic mass is 16.5. The number of nitrogens with one attached hydrogen (secondary N) is 1. The molecule has 0 bridgehead atoms. The van der Waals surface area contributed by atoms with E-state index >= 15 is 0 Å². The summed E-state index contributed by atoms with van der Waals surface area (Å²) in [7, 11) is 0. The van der Waals surface area contributed by atoms with Crippen molar-refractivity contribution in [1.82, 2.24) is 0 Å². The lowest BCUT2D eigenvalue weighted by Gasteiger charge is -2.37. The molecule has 0 aliphatic heterocycles. The predicted octanol–water partition coefficient (Wildman–Crippen LogP) is 8.74. The number of aryl methyl sites for hydroxylation is 2. The number of ether oxygens (including phenoxy) is 1. The first kappa shape index (κ1) is 29.7. The highest BCUT2D eigenvalue weighted by Gasteiger charge is 2.30. The first-order valence-corrected chi connectivity index (χ1v) is 14.4. The largest absolute Gasteiger partial charge is 0.491 e. The number of amidine groups is 1.